The van der Waals surface area contributed by atoms with Gasteiger partial charge in [-0.15, -0.1) is 0 Å². The maximum absolute atomic E-state index is 5.77. The van der Waals surface area contributed by atoms with Gasteiger partial charge in [0, 0.05) is 16.7 Å². The van der Waals surface area contributed by atoms with Gasteiger partial charge in [-0.1, -0.05) is 11.6 Å². The van der Waals surface area contributed by atoms with Gasteiger partial charge in [0.25, 0.3) is 0 Å². The third-order valence-electron chi connectivity index (χ3n) is 1.87. The lowest BCUT2D eigenvalue weighted by Gasteiger charge is -2.02. The Hall–Kier alpha value is -1.81. The number of halogens is 1. The predicted molar refractivity (Wildman–Crippen MR) is 61.3 cm³/mol. The van der Waals surface area contributed by atoms with E-state index in [0.29, 0.717) is 22.5 Å². The van der Waals surface area contributed by atoms with Crippen molar-refractivity contribution in [3.05, 3.63) is 35.4 Å². The molecular weight excluding hydrogens is 212 g/mol. The fraction of sp³-hybridized carbons (Fsp3) is 0. The zero-order valence-corrected chi connectivity index (χ0v) is 8.57. The number of nitrogens with zero attached hydrogens (tertiary/aromatic N) is 2. The molecule has 15 heavy (non-hydrogen) atoms. The van der Waals surface area contributed by atoms with Gasteiger partial charge in [0.1, 0.15) is 11.6 Å². The second-order valence-electron chi connectivity index (χ2n) is 3.05. The summed E-state index contributed by atoms with van der Waals surface area (Å²) in [5.41, 5.74) is 12.0. The van der Waals surface area contributed by atoms with E-state index in [1.807, 2.05) is 12.1 Å². The van der Waals surface area contributed by atoms with Crippen molar-refractivity contribution in [3.63, 3.8) is 0 Å². The van der Waals surface area contributed by atoms with Crippen LogP contribution in [0.1, 0.15) is 0 Å². The lowest BCUT2D eigenvalue weighted by Crippen LogP contribution is -1.99. The van der Waals surface area contributed by atoms with Crippen LogP contribution in [0.2, 0.25) is 5.02 Å². The molecule has 5 heteroatoms. The first-order valence-corrected chi connectivity index (χ1v) is 4.69. The molecular formula is C10H9ClN4. The minimum Gasteiger partial charge on any atom is -0.384 e. The molecule has 0 spiro atoms. The number of benzene rings is 1. The summed E-state index contributed by atoms with van der Waals surface area (Å²) in [5.74, 6) is 1.21. The SMILES string of the molecule is Nc1cc(N)nc(-c2ccc(Cl)cc2)n1. The van der Waals surface area contributed by atoms with Gasteiger partial charge in [0.05, 0.1) is 0 Å². The van der Waals surface area contributed by atoms with E-state index in [2.05, 4.69) is 9.97 Å². The molecule has 4 N–H and O–H groups in total. The molecule has 0 amide bonds. The third-order valence-corrected chi connectivity index (χ3v) is 2.12. The first-order chi connectivity index (χ1) is 7.15. The summed E-state index contributed by atoms with van der Waals surface area (Å²) in [6.07, 6.45) is 0. The Bertz CT molecular complexity index is 461. The van der Waals surface area contributed by atoms with Crippen LogP contribution in [0.5, 0.6) is 0 Å². The minimum atomic E-state index is 0.354. The van der Waals surface area contributed by atoms with Crippen molar-refractivity contribution in [1.29, 1.82) is 0 Å². The molecule has 4 nitrogen and oxygen atoms in total. The Balaban J connectivity index is 2.49. The quantitative estimate of drug-likeness (QED) is 0.770. The van der Waals surface area contributed by atoms with Crippen molar-refractivity contribution in [2.75, 3.05) is 11.5 Å². The Morgan fingerprint density at radius 3 is 2.00 bits per heavy atom. The minimum absolute atomic E-state index is 0.354. The number of hydrogen-bond acceptors (Lipinski definition) is 4. The summed E-state index contributed by atoms with van der Waals surface area (Å²) in [6.45, 7) is 0. The topological polar surface area (TPSA) is 77.8 Å². The number of nitrogens with two attached hydrogens (primary N) is 2. The molecule has 0 aliphatic carbocycles. The highest BCUT2D eigenvalue weighted by Gasteiger charge is 2.03. The third kappa shape index (κ3) is 2.16. The molecule has 0 bridgehead atoms. The van der Waals surface area contributed by atoms with E-state index in [0.717, 1.165) is 5.56 Å². The predicted octanol–water partition coefficient (Wildman–Crippen LogP) is 1.96. The van der Waals surface area contributed by atoms with Crippen LogP contribution in [0, 0.1) is 0 Å². The summed E-state index contributed by atoms with van der Waals surface area (Å²) < 4.78 is 0. The van der Waals surface area contributed by atoms with E-state index >= 15 is 0 Å². The lowest BCUT2D eigenvalue weighted by molar-refractivity contribution is 1.19. The van der Waals surface area contributed by atoms with Crippen LogP contribution in [-0.2, 0) is 0 Å². The normalized spacial score (nSPS) is 10.2. The maximum Gasteiger partial charge on any atom is 0.163 e. The smallest absolute Gasteiger partial charge is 0.163 e. The number of hydrogen-bond donors (Lipinski definition) is 2. The lowest BCUT2D eigenvalue weighted by atomic mass is 10.2. The summed E-state index contributed by atoms with van der Waals surface area (Å²) in [6, 6.07) is 8.67. The van der Waals surface area contributed by atoms with E-state index in [1.165, 1.54) is 6.07 Å². The molecule has 2 rings (SSSR count). The van der Waals surface area contributed by atoms with Gasteiger partial charge in [-0.2, -0.15) is 0 Å². The molecule has 0 aliphatic heterocycles. The molecule has 0 radical (unpaired) electrons. The van der Waals surface area contributed by atoms with Crippen molar-refractivity contribution in [2.45, 2.75) is 0 Å². The van der Waals surface area contributed by atoms with Crippen molar-refractivity contribution in [1.82, 2.24) is 9.97 Å². The molecule has 0 unspecified atom stereocenters. The number of nitrogen functional groups attached to an aromatic ring is 2. The fourth-order valence-corrected chi connectivity index (χ4v) is 1.34. The van der Waals surface area contributed by atoms with Crippen LogP contribution in [0.15, 0.2) is 30.3 Å². The molecule has 1 heterocycles. The molecule has 1 aromatic carbocycles. The molecule has 1 aromatic heterocycles. The van der Waals surface area contributed by atoms with E-state index in [4.69, 9.17) is 23.1 Å². The second-order valence-corrected chi connectivity index (χ2v) is 3.48. The molecule has 0 fully saturated rings. The van der Waals surface area contributed by atoms with Crippen molar-refractivity contribution < 1.29 is 0 Å². The van der Waals surface area contributed by atoms with Gasteiger partial charge >= 0.3 is 0 Å². The highest BCUT2D eigenvalue weighted by molar-refractivity contribution is 6.30. The molecule has 0 aliphatic rings. The van der Waals surface area contributed by atoms with Crippen molar-refractivity contribution >= 4 is 23.2 Å². The molecule has 0 saturated carbocycles. The second kappa shape index (κ2) is 3.74. The Morgan fingerprint density at radius 2 is 1.47 bits per heavy atom. The Morgan fingerprint density at radius 1 is 0.933 bits per heavy atom. The maximum atomic E-state index is 5.77. The van der Waals surface area contributed by atoms with Crippen LogP contribution >= 0.6 is 11.6 Å². The Labute approximate surface area is 91.9 Å². The van der Waals surface area contributed by atoms with Gasteiger partial charge < -0.3 is 11.5 Å². The number of aromatic nitrogens is 2. The first kappa shape index (κ1) is 9.73. The molecule has 0 saturated heterocycles. The van der Waals surface area contributed by atoms with E-state index in [9.17, 15) is 0 Å². The Kier molecular flexibility index (Phi) is 2.43. The molecule has 2 aromatic rings. The highest BCUT2D eigenvalue weighted by atomic mass is 35.5. The average molecular weight is 221 g/mol. The van der Waals surface area contributed by atoms with E-state index in [1.54, 1.807) is 12.1 Å². The molecule has 0 atom stereocenters. The summed E-state index contributed by atoms with van der Waals surface area (Å²) >= 11 is 5.77. The molecule has 76 valence electrons. The van der Waals surface area contributed by atoms with Gasteiger partial charge in [0.2, 0.25) is 0 Å². The first-order valence-electron chi connectivity index (χ1n) is 4.31. The number of anilines is 2. The van der Waals surface area contributed by atoms with Crippen LogP contribution in [0.3, 0.4) is 0 Å². The van der Waals surface area contributed by atoms with Crippen molar-refractivity contribution in [2.24, 2.45) is 0 Å². The standard InChI is InChI=1S/C10H9ClN4/c11-7-3-1-6(2-4-7)10-14-8(12)5-9(13)15-10/h1-5H,(H4,12,13,14,15). The fourth-order valence-electron chi connectivity index (χ4n) is 1.21. The monoisotopic (exact) mass is 220 g/mol. The summed E-state index contributed by atoms with van der Waals surface area (Å²) in [4.78, 5) is 8.16. The zero-order valence-electron chi connectivity index (χ0n) is 7.81. The van der Waals surface area contributed by atoms with Crippen LogP contribution in [0.4, 0.5) is 11.6 Å². The highest BCUT2D eigenvalue weighted by Crippen LogP contribution is 2.19. The van der Waals surface area contributed by atoms with E-state index < -0.39 is 0 Å². The summed E-state index contributed by atoms with van der Waals surface area (Å²) in [7, 11) is 0. The van der Waals surface area contributed by atoms with Crippen LogP contribution in [0.25, 0.3) is 11.4 Å². The average Bonchev–Trinajstić information content (AvgIpc) is 2.17. The van der Waals surface area contributed by atoms with Crippen LogP contribution < -0.4 is 11.5 Å². The zero-order chi connectivity index (χ0) is 10.8. The largest absolute Gasteiger partial charge is 0.384 e. The van der Waals surface area contributed by atoms with Gasteiger partial charge in [-0.3, -0.25) is 0 Å². The van der Waals surface area contributed by atoms with Gasteiger partial charge in [-0.05, 0) is 24.3 Å². The number of rotatable bonds is 1. The van der Waals surface area contributed by atoms with Crippen molar-refractivity contribution in [3.8, 4) is 11.4 Å². The summed E-state index contributed by atoms with van der Waals surface area (Å²) in [5, 5.41) is 0.663. The van der Waals surface area contributed by atoms with Gasteiger partial charge in [-0.25, -0.2) is 9.97 Å². The van der Waals surface area contributed by atoms with Crippen LogP contribution in [-0.4, -0.2) is 9.97 Å². The van der Waals surface area contributed by atoms with E-state index in [-0.39, 0.29) is 0 Å². The van der Waals surface area contributed by atoms with Gasteiger partial charge in [0.15, 0.2) is 5.82 Å².